The molecule has 1 unspecified atom stereocenters. The molecular weight excluding hydrogens is 238 g/mol. The van der Waals surface area contributed by atoms with Crippen molar-refractivity contribution in [1.29, 1.82) is 0 Å². The highest BCUT2D eigenvalue weighted by Gasteiger charge is 2.31. The van der Waals surface area contributed by atoms with Crippen LogP contribution in [-0.4, -0.2) is 18.1 Å². The fourth-order valence-electron chi connectivity index (χ4n) is 1.82. The Kier molecular flexibility index (Phi) is 9.45. The van der Waals surface area contributed by atoms with Crippen molar-refractivity contribution < 1.29 is 9.53 Å². The van der Waals surface area contributed by atoms with E-state index in [9.17, 15) is 4.79 Å². The zero-order valence-electron chi connectivity index (χ0n) is 11.4. The molecule has 0 aromatic carbocycles. The highest BCUT2D eigenvalue weighted by Crippen LogP contribution is 2.25. The lowest BCUT2D eigenvalue weighted by molar-refractivity contribution is -0.141. The molecule has 2 N–H and O–H groups in total. The van der Waals surface area contributed by atoms with Gasteiger partial charge in [-0.05, 0) is 26.2 Å². The van der Waals surface area contributed by atoms with Crippen LogP contribution in [0.5, 0.6) is 0 Å². The standard InChI is InChI=1S/C13H25NO2.ClH/c1-6-11(13(14,7-2)8-3)9-16-12(15)10(4)5;/h11H,4,6-9,14H2,1-3,5H3;1H. The molecule has 0 heterocycles. The van der Waals surface area contributed by atoms with Crippen LogP contribution in [-0.2, 0) is 9.53 Å². The van der Waals surface area contributed by atoms with Gasteiger partial charge in [-0.3, -0.25) is 0 Å². The summed E-state index contributed by atoms with van der Waals surface area (Å²) < 4.78 is 5.19. The van der Waals surface area contributed by atoms with Gasteiger partial charge < -0.3 is 10.5 Å². The summed E-state index contributed by atoms with van der Waals surface area (Å²) in [5.74, 6) is -0.112. The first-order chi connectivity index (χ1) is 7.41. The summed E-state index contributed by atoms with van der Waals surface area (Å²) in [6.07, 6.45) is 2.71. The molecule has 0 radical (unpaired) electrons. The van der Waals surface area contributed by atoms with E-state index in [0.717, 1.165) is 19.3 Å². The summed E-state index contributed by atoms with van der Waals surface area (Å²) in [5, 5.41) is 0. The van der Waals surface area contributed by atoms with Crippen molar-refractivity contribution in [2.45, 2.75) is 52.5 Å². The van der Waals surface area contributed by atoms with Crippen molar-refractivity contribution in [3.8, 4) is 0 Å². The second-order valence-electron chi connectivity index (χ2n) is 4.42. The number of hydrogen-bond donors (Lipinski definition) is 1. The van der Waals surface area contributed by atoms with Gasteiger partial charge in [-0.25, -0.2) is 4.79 Å². The van der Waals surface area contributed by atoms with Crippen molar-refractivity contribution in [3.63, 3.8) is 0 Å². The molecule has 102 valence electrons. The maximum absolute atomic E-state index is 11.3. The summed E-state index contributed by atoms with van der Waals surface area (Å²) in [5.41, 5.74) is 6.50. The number of hydrogen-bond acceptors (Lipinski definition) is 3. The van der Waals surface area contributed by atoms with Crippen LogP contribution in [0.4, 0.5) is 0 Å². The number of esters is 1. The fraction of sp³-hybridized carbons (Fsp3) is 0.769. The minimum Gasteiger partial charge on any atom is -0.462 e. The van der Waals surface area contributed by atoms with Crippen molar-refractivity contribution in [2.24, 2.45) is 11.7 Å². The van der Waals surface area contributed by atoms with Crippen molar-refractivity contribution in [3.05, 3.63) is 12.2 Å². The summed E-state index contributed by atoms with van der Waals surface area (Å²) in [6.45, 7) is 11.8. The summed E-state index contributed by atoms with van der Waals surface area (Å²) >= 11 is 0. The second-order valence-corrected chi connectivity index (χ2v) is 4.42. The molecule has 0 aromatic rings. The van der Waals surface area contributed by atoms with E-state index in [0.29, 0.717) is 12.2 Å². The Morgan fingerprint density at radius 1 is 1.35 bits per heavy atom. The summed E-state index contributed by atoms with van der Waals surface area (Å²) in [4.78, 5) is 11.3. The van der Waals surface area contributed by atoms with E-state index < -0.39 is 0 Å². The van der Waals surface area contributed by atoms with Gasteiger partial charge in [0.15, 0.2) is 0 Å². The van der Waals surface area contributed by atoms with Gasteiger partial charge in [0.25, 0.3) is 0 Å². The lowest BCUT2D eigenvalue weighted by Crippen LogP contribution is -2.48. The van der Waals surface area contributed by atoms with E-state index in [1.165, 1.54) is 0 Å². The van der Waals surface area contributed by atoms with Gasteiger partial charge in [0.05, 0.1) is 6.61 Å². The molecule has 4 heteroatoms. The largest absolute Gasteiger partial charge is 0.462 e. The van der Waals surface area contributed by atoms with Crippen LogP contribution in [0.1, 0.15) is 47.0 Å². The first-order valence-corrected chi connectivity index (χ1v) is 6.02. The van der Waals surface area contributed by atoms with Crippen molar-refractivity contribution >= 4 is 18.4 Å². The molecule has 0 spiro atoms. The Hall–Kier alpha value is -0.540. The molecule has 0 bridgehead atoms. The van der Waals surface area contributed by atoms with Crippen LogP contribution in [0.25, 0.3) is 0 Å². The molecule has 0 amide bonds. The lowest BCUT2D eigenvalue weighted by atomic mass is 9.79. The Labute approximate surface area is 111 Å². The molecular formula is C13H26ClNO2. The molecule has 3 nitrogen and oxygen atoms in total. The minimum absolute atomic E-state index is 0. The first kappa shape index (κ1) is 18.8. The average Bonchev–Trinajstić information content (AvgIpc) is 2.28. The quantitative estimate of drug-likeness (QED) is 0.567. The third-order valence-corrected chi connectivity index (χ3v) is 3.39. The third-order valence-electron chi connectivity index (χ3n) is 3.39. The number of carbonyl (C=O) groups is 1. The number of rotatable bonds is 7. The van der Waals surface area contributed by atoms with Crippen LogP contribution >= 0.6 is 12.4 Å². The van der Waals surface area contributed by atoms with E-state index in [-0.39, 0.29) is 29.8 Å². The fourth-order valence-corrected chi connectivity index (χ4v) is 1.82. The molecule has 1 atom stereocenters. The van der Waals surface area contributed by atoms with Crippen LogP contribution in [0.15, 0.2) is 12.2 Å². The topological polar surface area (TPSA) is 52.3 Å². The molecule has 0 fully saturated rings. The van der Waals surface area contributed by atoms with Gasteiger partial charge in [-0.15, -0.1) is 12.4 Å². The van der Waals surface area contributed by atoms with Crippen LogP contribution < -0.4 is 5.73 Å². The molecule has 0 aliphatic carbocycles. The molecule has 0 aromatic heterocycles. The highest BCUT2D eigenvalue weighted by molar-refractivity contribution is 5.86. The molecule has 0 aliphatic heterocycles. The van der Waals surface area contributed by atoms with E-state index >= 15 is 0 Å². The zero-order valence-corrected chi connectivity index (χ0v) is 12.2. The Morgan fingerprint density at radius 2 is 1.82 bits per heavy atom. The molecule has 0 saturated carbocycles. The third kappa shape index (κ3) is 5.55. The number of nitrogens with two attached hydrogens (primary N) is 1. The molecule has 0 saturated heterocycles. The number of halogens is 1. The van der Waals surface area contributed by atoms with Crippen LogP contribution in [0.3, 0.4) is 0 Å². The molecule has 0 aliphatic rings. The van der Waals surface area contributed by atoms with Gasteiger partial charge in [0, 0.05) is 17.0 Å². The van der Waals surface area contributed by atoms with E-state index in [2.05, 4.69) is 27.4 Å². The lowest BCUT2D eigenvalue weighted by Gasteiger charge is -2.35. The Morgan fingerprint density at radius 3 is 2.12 bits per heavy atom. The smallest absolute Gasteiger partial charge is 0.333 e. The van der Waals surface area contributed by atoms with Gasteiger partial charge in [-0.2, -0.15) is 0 Å². The summed E-state index contributed by atoms with van der Waals surface area (Å²) in [6, 6.07) is 0. The molecule has 17 heavy (non-hydrogen) atoms. The van der Waals surface area contributed by atoms with Gasteiger partial charge >= 0.3 is 5.97 Å². The SMILES string of the molecule is C=C(C)C(=O)OCC(CC)C(N)(CC)CC.Cl. The van der Waals surface area contributed by atoms with Gasteiger partial charge in [0.1, 0.15) is 0 Å². The van der Waals surface area contributed by atoms with Crippen molar-refractivity contribution in [1.82, 2.24) is 0 Å². The predicted octanol–water partition coefficient (Wildman–Crippen LogP) is 3.07. The number of ether oxygens (including phenoxy) is 1. The zero-order chi connectivity index (χ0) is 12.8. The van der Waals surface area contributed by atoms with E-state index in [1.807, 2.05) is 0 Å². The van der Waals surface area contributed by atoms with Crippen LogP contribution in [0, 0.1) is 5.92 Å². The predicted molar refractivity (Wildman–Crippen MR) is 74.3 cm³/mol. The molecule has 0 rings (SSSR count). The summed E-state index contributed by atoms with van der Waals surface area (Å²) in [7, 11) is 0. The maximum Gasteiger partial charge on any atom is 0.333 e. The highest BCUT2D eigenvalue weighted by atomic mass is 35.5. The van der Waals surface area contributed by atoms with Gasteiger partial charge in [0.2, 0.25) is 0 Å². The monoisotopic (exact) mass is 263 g/mol. The Bertz CT molecular complexity index is 250. The number of carbonyl (C=O) groups excluding carboxylic acids is 1. The van der Waals surface area contributed by atoms with Gasteiger partial charge in [-0.1, -0.05) is 27.4 Å². The second kappa shape index (κ2) is 8.54. The van der Waals surface area contributed by atoms with Crippen LogP contribution in [0.2, 0.25) is 0 Å². The van der Waals surface area contributed by atoms with E-state index in [1.54, 1.807) is 6.92 Å². The maximum atomic E-state index is 11.3. The van der Waals surface area contributed by atoms with E-state index in [4.69, 9.17) is 10.5 Å². The first-order valence-electron chi connectivity index (χ1n) is 6.02. The average molecular weight is 264 g/mol. The normalized spacial score (nSPS) is 12.5. The minimum atomic E-state index is -0.326. The van der Waals surface area contributed by atoms with Crippen molar-refractivity contribution in [2.75, 3.05) is 6.61 Å². The Balaban J connectivity index is 0.